The number of hydrogen-bond acceptors (Lipinski definition) is 4. The van der Waals surface area contributed by atoms with Gasteiger partial charge >= 0.3 is 0 Å². The van der Waals surface area contributed by atoms with Crippen molar-refractivity contribution >= 4 is 5.91 Å². The summed E-state index contributed by atoms with van der Waals surface area (Å²) in [4.78, 5) is 17.7. The van der Waals surface area contributed by atoms with Crippen molar-refractivity contribution in [3.63, 3.8) is 0 Å². The number of likely N-dealkylation sites (tertiary alicyclic amines) is 1. The summed E-state index contributed by atoms with van der Waals surface area (Å²) in [5.41, 5.74) is 0. The van der Waals surface area contributed by atoms with E-state index in [0.29, 0.717) is 37.1 Å². The number of carbonyl (C=O) groups excluding carboxylic acids is 1. The monoisotopic (exact) mass is 223 g/mol. The first-order valence-corrected chi connectivity index (χ1v) is 5.64. The molecule has 1 amide bonds. The lowest BCUT2D eigenvalue weighted by Crippen LogP contribution is -2.48. The maximum Gasteiger partial charge on any atom is 0.233 e. The molecule has 0 spiro atoms. The molecule has 1 aromatic rings. The molecule has 0 aromatic carbocycles. The van der Waals surface area contributed by atoms with Crippen molar-refractivity contribution in [1.29, 1.82) is 0 Å². The Morgan fingerprint density at radius 1 is 1.56 bits per heavy atom. The van der Waals surface area contributed by atoms with E-state index in [1.807, 2.05) is 4.90 Å². The van der Waals surface area contributed by atoms with E-state index in [2.05, 4.69) is 24.0 Å². The lowest BCUT2D eigenvalue weighted by Gasteiger charge is -2.37. The lowest BCUT2D eigenvalue weighted by molar-refractivity contribution is -0.136. The van der Waals surface area contributed by atoms with E-state index in [-0.39, 0.29) is 11.8 Å². The zero-order valence-corrected chi connectivity index (χ0v) is 9.93. The first kappa shape index (κ1) is 11.1. The van der Waals surface area contributed by atoms with Crippen LogP contribution < -0.4 is 0 Å². The van der Waals surface area contributed by atoms with E-state index in [4.69, 9.17) is 4.52 Å². The van der Waals surface area contributed by atoms with Gasteiger partial charge in [-0.05, 0) is 12.8 Å². The Morgan fingerprint density at radius 2 is 2.25 bits per heavy atom. The number of hydrogen-bond donors (Lipinski definition) is 0. The molecule has 0 saturated carbocycles. The smallest absolute Gasteiger partial charge is 0.233 e. The summed E-state index contributed by atoms with van der Waals surface area (Å²) in [6.45, 7) is 7.33. The largest absolute Gasteiger partial charge is 0.341 e. The topological polar surface area (TPSA) is 59.2 Å². The van der Waals surface area contributed by atoms with Crippen molar-refractivity contribution in [3.8, 4) is 0 Å². The average molecular weight is 223 g/mol. The van der Waals surface area contributed by atoms with Gasteiger partial charge in [-0.15, -0.1) is 0 Å². The van der Waals surface area contributed by atoms with E-state index in [1.165, 1.54) is 0 Å². The van der Waals surface area contributed by atoms with E-state index in [1.54, 1.807) is 6.92 Å². The molecule has 88 valence electrons. The maximum absolute atomic E-state index is 11.7. The second-order valence-electron chi connectivity index (χ2n) is 4.77. The molecule has 1 aliphatic rings. The van der Waals surface area contributed by atoms with Crippen LogP contribution in [0.2, 0.25) is 0 Å². The Kier molecular flexibility index (Phi) is 2.94. The lowest BCUT2D eigenvalue weighted by atomic mass is 9.98. The first-order valence-electron chi connectivity index (χ1n) is 5.64. The molecule has 0 N–H and O–H groups in total. The predicted octanol–water partition coefficient (Wildman–Crippen LogP) is 1.35. The fourth-order valence-corrected chi connectivity index (χ4v) is 1.80. The number of amides is 1. The summed E-state index contributed by atoms with van der Waals surface area (Å²) in [6, 6.07) is 0. The standard InChI is InChI=1S/C11H17N3O2/c1-7(2)4-10(15)14-5-9(6-14)11-12-8(3)13-16-11/h7,9H,4-6H2,1-3H3. The summed E-state index contributed by atoms with van der Waals surface area (Å²) in [6.07, 6.45) is 0.621. The van der Waals surface area contributed by atoms with Gasteiger partial charge in [0, 0.05) is 19.5 Å². The highest BCUT2D eigenvalue weighted by atomic mass is 16.5. The van der Waals surface area contributed by atoms with E-state index in [9.17, 15) is 4.79 Å². The van der Waals surface area contributed by atoms with Gasteiger partial charge in [-0.3, -0.25) is 4.79 Å². The third kappa shape index (κ3) is 2.23. The van der Waals surface area contributed by atoms with Crippen LogP contribution in [-0.4, -0.2) is 34.0 Å². The molecule has 0 bridgehead atoms. The van der Waals surface area contributed by atoms with Gasteiger partial charge in [0.25, 0.3) is 0 Å². The van der Waals surface area contributed by atoms with Crippen LogP contribution >= 0.6 is 0 Å². The molecule has 1 aromatic heterocycles. The van der Waals surface area contributed by atoms with Crippen LogP contribution in [0.1, 0.15) is 37.9 Å². The van der Waals surface area contributed by atoms with Gasteiger partial charge in [0.15, 0.2) is 5.82 Å². The molecule has 2 rings (SSSR count). The minimum atomic E-state index is 0.225. The predicted molar refractivity (Wildman–Crippen MR) is 57.8 cm³/mol. The first-order chi connectivity index (χ1) is 7.56. The number of rotatable bonds is 3. The summed E-state index contributed by atoms with van der Waals surface area (Å²) < 4.78 is 5.08. The Balaban J connectivity index is 1.84. The van der Waals surface area contributed by atoms with Crippen molar-refractivity contribution < 1.29 is 9.32 Å². The molecule has 16 heavy (non-hydrogen) atoms. The number of aromatic nitrogens is 2. The summed E-state index contributed by atoms with van der Waals surface area (Å²) >= 11 is 0. The molecule has 0 unspecified atom stereocenters. The van der Waals surface area contributed by atoms with Gasteiger partial charge in [0.1, 0.15) is 0 Å². The van der Waals surface area contributed by atoms with Crippen LogP contribution in [0.3, 0.4) is 0 Å². The van der Waals surface area contributed by atoms with Gasteiger partial charge in [-0.2, -0.15) is 4.98 Å². The second-order valence-corrected chi connectivity index (χ2v) is 4.77. The van der Waals surface area contributed by atoms with Crippen LogP contribution in [0, 0.1) is 12.8 Å². The van der Waals surface area contributed by atoms with Gasteiger partial charge in [0.05, 0.1) is 5.92 Å². The summed E-state index contributed by atoms with van der Waals surface area (Å²) in [5, 5.41) is 3.75. The van der Waals surface area contributed by atoms with Crippen LogP contribution in [-0.2, 0) is 4.79 Å². The van der Waals surface area contributed by atoms with E-state index in [0.717, 1.165) is 0 Å². The zero-order chi connectivity index (χ0) is 11.7. The van der Waals surface area contributed by atoms with Crippen LogP contribution in [0.25, 0.3) is 0 Å². The fraction of sp³-hybridized carbons (Fsp3) is 0.727. The molecule has 1 aliphatic heterocycles. The molecule has 2 heterocycles. The van der Waals surface area contributed by atoms with Crippen molar-refractivity contribution in [2.45, 2.75) is 33.1 Å². The van der Waals surface area contributed by atoms with Crippen molar-refractivity contribution in [3.05, 3.63) is 11.7 Å². The number of nitrogens with zero attached hydrogens (tertiary/aromatic N) is 3. The summed E-state index contributed by atoms with van der Waals surface area (Å²) in [7, 11) is 0. The minimum Gasteiger partial charge on any atom is -0.341 e. The van der Waals surface area contributed by atoms with Crippen LogP contribution in [0.15, 0.2) is 4.52 Å². The molecule has 5 nitrogen and oxygen atoms in total. The minimum absolute atomic E-state index is 0.225. The highest BCUT2D eigenvalue weighted by molar-refractivity contribution is 5.77. The Morgan fingerprint density at radius 3 is 2.75 bits per heavy atom. The third-order valence-corrected chi connectivity index (χ3v) is 2.71. The Hall–Kier alpha value is -1.39. The highest BCUT2D eigenvalue weighted by Gasteiger charge is 2.35. The second kappa shape index (κ2) is 4.23. The average Bonchev–Trinajstić information content (AvgIpc) is 2.47. The van der Waals surface area contributed by atoms with Crippen molar-refractivity contribution in [2.24, 2.45) is 5.92 Å². The van der Waals surface area contributed by atoms with Crippen LogP contribution in [0.5, 0.6) is 0 Å². The van der Waals surface area contributed by atoms with Crippen molar-refractivity contribution in [1.82, 2.24) is 15.0 Å². The van der Waals surface area contributed by atoms with Gasteiger partial charge in [0.2, 0.25) is 11.8 Å². The van der Waals surface area contributed by atoms with Gasteiger partial charge in [-0.1, -0.05) is 19.0 Å². The summed E-state index contributed by atoms with van der Waals surface area (Å²) in [5.74, 6) is 2.19. The third-order valence-electron chi connectivity index (χ3n) is 2.71. The normalized spacial score (nSPS) is 16.6. The van der Waals surface area contributed by atoms with Crippen molar-refractivity contribution in [2.75, 3.05) is 13.1 Å². The molecule has 5 heteroatoms. The molecular weight excluding hydrogens is 206 g/mol. The Bertz CT molecular complexity index is 380. The zero-order valence-electron chi connectivity index (χ0n) is 9.93. The van der Waals surface area contributed by atoms with Gasteiger partial charge < -0.3 is 9.42 Å². The molecule has 1 fully saturated rings. The molecule has 1 saturated heterocycles. The van der Waals surface area contributed by atoms with Gasteiger partial charge in [-0.25, -0.2) is 0 Å². The maximum atomic E-state index is 11.7. The quantitative estimate of drug-likeness (QED) is 0.776. The van der Waals surface area contributed by atoms with E-state index < -0.39 is 0 Å². The molecule has 0 radical (unpaired) electrons. The molecule has 0 atom stereocenters. The number of carbonyl (C=O) groups is 1. The molecular formula is C11H17N3O2. The Labute approximate surface area is 94.8 Å². The number of aryl methyl sites for hydroxylation is 1. The highest BCUT2D eigenvalue weighted by Crippen LogP contribution is 2.26. The fourth-order valence-electron chi connectivity index (χ4n) is 1.80. The van der Waals surface area contributed by atoms with E-state index >= 15 is 0 Å². The SMILES string of the molecule is Cc1noc(C2CN(C(=O)CC(C)C)C2)n1. The molecule has 0 aliphatic carbocycles. The van der Waals surface area contributed by atoms with Crippen LogP contribution in [0.4, 0.5) is 0 Å².